The van der Waals surface area contributed by atoms with Crippen LogP contribution in [-0.4, -0.2) is 57.8 Å². The van der Waals surface area contributed by atoms with E-state index in [1.165, 1.54) is 12.5 Å². The lowest BCUT2D eigenvalue weighted by molar-refractivity contribution is -0.118. The molecule has 1 saturated heterocycles. The number of carbonyl (C=O) groups excluding carboxylic acids is 2. The Kier molecular flexibility index (Phi) is 7.40. The molecular weight excluding hydrogens is 476 g/mol. The molecule has 3 heterocycles. The van der Waals surface area contributed by atoms with Crippen LogP contribution < -0.4 is 10.6 Å². The molecule has 196 valence electrons. The molecule has 0 radical (unpaired) electrons. The average molecular weight is 511 g/mol. The number of hydrogen-bond donors (Lipinski definition) is 3. The number of amides is 2. The summed E-state index contributed by atoms with van der Waals surface area (Å²) in [7, 11) is 0. The second-order valence-corrected chi connectivity index (χ2v) is 9.91. The summed E-state index contributed by atoms with van der Waals surface area (Å²) in [6, 6.07) is 22.3. The van der Waals surface area contributed by atoms with E-state index in [2.05, 4.69) is 52.9 Å². The predicted molar refractivity (Wildman–Crippen MR) is 150 cm³/mol. The fraction of sp³-hybridized carbons (Fsp3) is 0.333. The molecule has 2 aromatic carbocycles. The number of benzene rings is 2. The van der Waals surface area contributed by atoms with Gasteiger partial charge in [0, 0.05) is 38.7 Å². The summed E-state index contributed by atoms with van der Waals surface area (Å²) in [5, 5.41) is 6.85. The Balaban J connectivity index is 1.39. The first-order valence-corrected chi connectivity index (χ1v) is 13.3. The minimum atomic E-state index is -0.0833. The van der Waals surface area contributed by atoms with E-state index in [1.807, 2.05) is 41.3 Å². The van der Waals surface area contributed by atoms with Gasteiger partial charge in [0.15, 0.2) is 5.82 Å². The Labute approximate surface area is 222 Å². The number of nitrogens with zero attached hydrogens (tertiary/aromatic N) is 3. The molecular formula is C30H34N6O2. The first-order chi connectivity index (χ1) is 18.5. The molecule has 4 aromatic rings. The normalized spacial score (nSPS) is 14.8. The lowest BCUT2D eigenvalue weighted by Gasteiger charge is -2.41. The van der Waals surface area contributed by atoms with Gasteiger partial charge in [-0.1, -0.05) is 67.6 Å². The van der Waals surface area contributed by atoms with Gasteiger partial charge in [-0.25, -0.2) is 9.97 Å². The van der Waals surface area contributed by atoms with E-state index in [0.29, 0.717) is 49.2 Å². The van der Waals surface area contributed by atoms with Gasteiger partial charge in [-0.15, -0.1) is 0 Å². The standard InChI is InChI=1S/C30H34N6O2/c1-3-30(23-12-8-5-9-13-23)14-18-36(19-15-30)29(38)25-20-24-27(32-17-16-31-21(2)37)34-26(35-28(24)33-25)22-10-6-4-7-11-22/h4-13,20H,3,14-19H2,1-2H3,(H,31,37)(H2,32,33,34,35). The topological polar surface area (TPSA) is 103 Å². The quantitative estimate of drug-likeness (QED) is 0.297. The molecule has 5 rings (SSSR count). The van der Waals surface area contributed by atoms with Crippen molar-refractivity contribution in [2.45, 2.75) is 38.5 Å². The average Bonchev–Trinajstić information content (AvgIpc) is 3.40. The van der Waals surface area contributed by atoms with E-state index in [0.717, 1.165) is 30.2 Å². The number of aromatic amines is 1. The zero-order valence-corrected chi connectivity index (χ0v) is 22.0. The summed E-state index contributed by atoms with van der Waals surface area (Å²) in [5.74, 6) is 1.09. The van der Waals surface area contributed by atoms with Crippen molar-refractivity contribution in [3.8, 4) is 11.4 Å². The van der Waals surface area contributed by atoms with E-state index in [9.17, 15) is 9.59 Å². The third-order valence-corrected chi connectivity index (χ3v) is 7.61. The van der Waals surface area contributed by atoms with Crippen LogP contribution in [0.2, 0.25) is 0 Å². The van der Waals surface area contributed by atoms with Crippen LogP contribution in [0.4, 0.5) is 5.82 Å². The van der Waals surface area contributed by atoms with Crippen LogP contribution in [0.25, 0.3) is 22.4 Å². The van der Waals surface area contributed by atoms with Gasteiger partial charge < -0.3 is 20.5 Å². The fourth-order valence-corrected chi connectivity index (χ4v) is 5.34. The van der Waals surface area contributed by atoms with Crippen molar-refractivity contribution in [1.29, 1.82) is 0 Å². The number of aromatic nitrogens is 3. The summed E-state index contributed by atoms with van der Waals surface area (Å²) < 4.78 is 0. The zero-order chi connectivity index (χ0) is 26.5. The van der Waals surface area contributed by atoms with Crippen molar-refractivity contribution in [3.05, 3.63) is 78.0 Å². The molecule has 0 saturated carbocycles. The van der Waals surface area contributed by atoms with Crippen LogP contribution in [0.1, 0.15) is 49.2 Å². The van der Waals surface area contributed by atoms with Gasteiger partial charge in [-0.2, -0.15) is 0 Å². The van der Waals surface area contributed by atoms with Crippen molar-refractivity contribution < 1.29 is 9.59 Å². The molecule has 1 aliphatic heterocycles. The minimum Gasteiger partial charge on any atom is -0.368 e. The van der Waals surface area contributed by atoms with Crippen LogP contribution in [0.15, 0.2) is 66.7 Å². The second kappa shape index (κ2) is 11.0. The molecule has 0 unspecified atom stereocenters. The van der Waals surface area contributed by atoms with E-state index in [-0.39, 0.29) is 17.2 Å². The number of likely N-dealkylation sites (tertiary alicyclic amines) is 1. The number of carbonyl (C=O) groups is 2. The first-order valence-electron chi connectivity index (χ1n) is 13.3. The van der Waals surface area contributed by atoms with Crippen LogP contribution >= 0.6 is 0 Å². The third-order valence-electron chi connectivity index (χ3n) is 7.61. The monoisotopic (exact) mass is 510 g/mol. The lowest BCUT2D eigenvalue weighted by Crippen LogP contribution is -2.45. The highest BCUT2D eigenvalue weighted by atomic mass is 16.2. The van der Waals surface area contributed by atoms with Gasteiger partial charge in [-0.05, 0) is 36.3 Å². The molecule has 3 N–H and O–H groups in total. The highest BCUT2D eigenvalue weighted by Gasteiger charge is 2.36. The summed E-state index contributed by atoms with van der Waals surface area (Å²) in [5.41, 5.74) is 3.47. The Morgan fingerprint density at radius 2 is 1.66 bits per heavy atom. The van der Waals surface area contributed by atoms with Crippen molar-refractivity contribution in [2.75, 3.05) is 31.5 Å². The molecule has 1 aliphatic rings. The van der Waals surface area contributed by atoms with E-state index < -0.39 is 0 Å². The van der Waals surface area contributed by atoms with Crippen LogP contribution in [-0.2, 0) is 10.2 Å². The SMILES string of the molecule is CCC1(c2ccccc2)CCN(C(=O)c2cc3c(NCCNC(C)=O)nc(-c4ccccc4)nc3[nH]2)CC1. The highest BCUT2D eigenvalue weighted by Crippen LogP contribution is 2.39. The number of H-pyrrole nitrogens is 1. The molecule has 2 amide bonds. The lowest BCUT2D eigenvalue weighted by atomic mass is 9.71. The van der Waals surface area contributed by atoms with Crippen LogP contribution in [0.5, 0.6) is 0 Å². The highest BCUT2D eigenvalue weighted by molar-refractivity contribution is 6.00. The maximum absolute atomic E-state index is 13.6. The molecule has 1 fully saturated rings. The molecule has 8 heteroatoms. The molecule has 0 aliphatic carbocycles. The van der Waals surface area contributed by atoms with E-state index in [1.54, 1.807) is 0 Å². The van der Waals surface area contributed by atoms with Gasteiger partial charge in [0.1, 0.15) is 17.2 Å². The Morgan fingerprint density at radius 1 is 0.974 bits per heavy atom. The molecule has 38 heavy (non-hydrogen) atoms. The van der Waals surface area contributed by atoms with Crippen LogP contribution in [0.3, 0.4) is 0 Å². The number of fused-ring (bicyclic) bond motifs is 1. The molecule has 0 atom stereocenters. The zero-order valence-electron chi connectivity index (χ0n) is 22.0. The Hall–Kier alpha value is -4.20. The second-order valence-electron chi connectivity index (χ2n) is 9.91. The van der Waals surface area contributed by atoms with Crippen molar-refractivity contribution in [2.24, 2.45) is 0 Å². The largest absolute Gasteiger partial charge is 0.368 e. The predicted octanol–water partition coefficient (Wildman–Crippen LogP) is 4.76. The number of piperidine rings is 1. The van der Waals surface area contributed by atoms with Gasteiger partial charge in [0.25, 0.3) is 5.91 Å². The summed E-state index contributed by atoms with van der Waals surface area (Å²) >= 11 is 0. The number of nitrogens with one attached hydrogen (secondary N) is 3. The van der Waals surface area contributed by atoms with Gasteiger partial charge in [-0.3, -0.25) is 9.59 Å². The molecule has 0 bridgehead atoms. The number of hydrogen-bond acceptors (Lipinski definition) is 5. The summed E-state index contributed by atoms with van der Waals surface area (Å²) in [4.78, 5) is 39.6. The Bertz CT molecular complexity index is 1410. The summed E-state index contributed by atoms with van der Waals surface area (Å²) in [6.45, 7) is 6.11. The maximum atomic E-state index is 13.6. The molecule has 2 aromatic heterocycles. The number of rotatable bonds is 8. The minimum absolute atomic E-state index is 0.0220. The van der Waals surface area contributed by atoms with Gasteiger partial charge in [0.2, 0.25) is 5.91 Å². The first kappa shape index (κ1) is 25.4. The number of anilines is 1. The van der Waals surface area contributed by atoms with E-state index >= 15 is 0 Å². The van der Waals surface area contributed by atoms with Gasteiger partial charge in [0.05, 0.1) is 5.39 Å². The third kappa shape index (κ3) is 5.25. The van der Waals surface area contributed by atoms with Crippen LogP contribution in [0, 0.1) is 0 Å². The summed E-state index contributed by atoms with van der Waals surface area (Å²) in [6.07, 6.45) is 2.93. The van der Waals surface area contributed by atoms with E-state index in [4.69, 9.17) is 9.97 Å². The van der Waals surface area contributed by atoms with Crippen molar-refractivity contribution in [3.63, 3.8) is 0 Å². The maximum Gasteiger partial charge on any atom is 0.270 e. The van der Waals surface area contributed by atoms with Gasteiger partial charge >= 0.3 is 0 Å². The van der Waals surface area contributed by atoms with Crippen molar-refractivity contribution in [1.82, 2.24) is 25.2 Å². The molecule has 8 nitrogen and oxygen atoms in total. The van der Waals surface area contributed by atoms with Crippen molar-refractivity contribution >= 4 is 28.7 Å². The molecule has 0 spiro atoms. The fourth-order valence-electron chi connectivity index (χ4n) is 5.34. The smallest absolute Gasteiger partial charge is 0.270 e. The Morgan fingerprint density at radius 3 is 2.32 bits per heavy atom.